The van der Waals surface area contributed by atoms with E-state index >= 15 is 0 Å². The first-order valence-electron chi connectivity index (χ1n) is 6.81. The van der Waals surface area contributed by atoms with Crippen LogP contribution in [-0.4, -0.2) is 4.98 Å². The van der Waals surface area contributed by atoms with Crippen LogP contribution in [0.1, 0.15) is 0 Å². The van der Waals surface area contributed by atoms with Crippen molar-refractivity contribution in [3.8, 4) is 22.3 Å². The van der Waals surface area contributed by atoms with Crippen molar-refractivity contribution in [3.05, 3.63) is 77.0 Å². The monoisotopic (exact) mass is 451 g/mol. The van der Waals surface area contributed by atoms with Crippen molar-refractivity contribution in [1.29, 1.82) is 0 Å². The highest BCUT2D eigenvalue weighted by atomic mass is 35.5. The number of pyridine rings is 1. The molecule has 25 heavy (non-hydrogen) atoms. The van der Waals surface area contributed by atoms with Gasteiger partial charge in [-0.25, -0.2) is 0 Å². The summed E-state index contributed by atoms with van der Waals surface area (Å²) in [6.07, 6.45) is 1.53. The van der Waals surface area contributed by atoms with Gasteiger partial charge in [-0.2, -0.15) is 0 Å². The predicted octanol–water partition coefficient (Wildman–Crippen LogP) is 7.63. The minimum Gasteiger partial charge on any atom is -0.328 e. The summed E-state index contributed by atoms with van der Waals surface area (Å²) < 4.78 is 0. The first-order chi connectivity index (χ1) is 11.8. The highest BCUT2D eigenvalue weighted by Crippen LogP contribution is 2.40. The smallest absolute Gasteiger partial charge is 0.255 e. The Hall–Kier alpha value is -0.870. The fourth-order valence-electron chi connectivity index (χ4n) is 2.32. The number of rotatable bonds is 2. The molecular weight excluding hydrogens is 447 g/mol. The van der Waals surface area contributed by atoms with Crippen LogP contribution in [0.15, 0.2) is 41.3 Å². The third kappa shape index (κ3) is 3.52. The van der Waals surface area contributed by atoms with Crippen LogP contribution in [-0.2, 0) is 0 Å². The van der Waals surface area contributed by atoms with Gasteiger partial charge >= 0.3 is 0 Å². The number of benzene rings is 2. The maximum absolute atomic E-state index is 12.3. The summed E-state index contributed by atoms with van der Waals surface area (Å²) >= 11 is 36.6. The van der Waals surface area contributed by atoms with Crippen LogP contribution in [0.2, 0.25) is 30.1 Å². The molecule has 0 saturated carbocycles. The number of hydrogen-bond acceptors (Lipinski definition) is 1. The molecule has 1 aromatic heterocycles. The lowest BCUT2D eigenvalue weighted by atomic mass is 10.0. The van der Waals surface area contributed by atoms with E-state index in [4.69, 9.17) is 69.6 Å². The Labute approximate surface area is 173 Å². The highest BCUT2D eigenvalue weighted by molar-refractivity contribution is 6.50. The van der Waals surface area contributed by atoms with E-state index in [-0.39, 0.29) is 25.6 Å². The molecule has 0 aliphatic heterocycles. The summed E-state index contributed by atoms with van der Waals surface area (Å²) in [4.78, 5) is 15.0. The normalized spacial score (nSPS) is 11.0. The van der Waals surface area contributed by atoms with Gasteiger partial charge < -0.3 is 4.98 Å². The average molecular weight is 454 g/mol. The molecular formula is C17H7Cl6NO. The molecule has 8 heteroatoms. The summed E-state index contributed by atoms with van der Waals surface area (Å²) in [6.45, 7) is 0. The minimum absolute atomic E-state index is 0.179. The summed E-state index contributed by atoms with van der Waals surface area (Å²) in [7, 11) is 0. The van der Waals surface area contributed by atoms with Crippen LogP contribution in [0.25, 0.3) is 22.3 Å². The molecule has 1 N–H and O–H groups in total. The molecule has 2 aromatic carbocycles. The Balaban J connectivity index is 2.23. The minimum atomic E-state index is -0.333. The zero-order chi connectivity index (χ0) is 18.3. The molecule has 0 amide bonds. The number of H-pyrrole nitrogens is 1. The molecule has 3 rings (SSSR count). The van der Waals surface area contributed by atoms with Crippen LogP contribution >= 0.6 is 69.6 Å². The summed E-state index contributed by atoms with van der Waals surface area (Å²) in [5.41, 5.74) is 1.70. The molecule has 0 unspecified atom stereocenters. The Bertz CT molecular complexity index is 1040. The number of nitrogens with one attached hydrogen (secondary N) is 1. The molecule has 3 aromatic rings. The topological polar surface area (TPSA) is 32.9 Å². The van der Waals surface area contributed by atoms with Gasteiger partial charge in [-0.05, 0) is 18.2 Å². The third-order valence-electron chi connectivity index (χ3n) is 3.57. The zero-order valence-corrected chi connectivity index (χ0v) is 16.7. The van der Waals surface area contributed by atoms with Crippen molar-refractivity contribution in [2.75, 3.05) is 0 Å². The van der Waals surface area contributed by atoms with Crippen molar-refractivity contribution in [2.24, 2.45) is 0 Å². The number of aromatic amines is 1. The van der Waals surface area contributed by atoms with Crippen LogP contribution in [0, 0.1) is 0 Å². The van der Waals surface area contributed by atoms with E-state index in [0.29, 0.717) is 32.3 Å². The fraction of sp³-hybridized carbons (Fsp3) is 0. The zero-order valence-electron chi connectivity index (χ0n) is 12.1. The Morgan fingerprint density at radius 1 is 0.640 bits per heavy atom. The van der Waals surface area contributed by atoms with Crippen molar-refractivity contribution in [2.45, 2.75) is 0 Å². The summed E-state index contributed by atoms with van der Waals surface area (Å²) in [5.74, 6) is 0. The van der Waals surface area contributed by atoms with Gasteiger partial charge in [0.05, 0.1) is 30.1 Å². The SMILES string of the molecule is O=c1[nH]cc(-c2ccc(Cl)c(Cl)c2Cl)cc1-c1ccc(Cl)c(Cl)c1Cl. The summed E-state index contributed by atoms with van der Waals surface area (Å²) in [5, 5.41) is 1.53. The van der Waals surface area contributed by atoms with Gasteiger partial charge in [0, 0.05) is 28.5 Å². The molecule has 0 aliphatic rings. The van der Waals surface area contributed by atoms with E-state index in [1.54, 1.807) is 30.3 Å². The summed E-state index contributed by atoms with van der Waals surface area (Å²) in [6, 6.07) is 8.19. The van der Waals surface area contributed by atoms with Crippen LogP contribution in [0.3, 0.4) is 0 Å². The molecule has 0 atom stereocenters. The van der Waals surface area contributed by atoms with Gasteiger partial charge in [-0.15, -0.1) is 0 Å². The van der Waals surface area contributed by atoms with Crippen LogP contribution in [0.5, 0.6) is 0 Å². The largest absolute Gasteiger partial charge is 0.328 e. The average Bonchev–Trinajstić information content (AvgIpc) is 2.59. The molecule has 0 saturated heterocycles. The first-order valence-corrected chi connectivity index (χ1v) is 9.08. The quantitative estimate of drug-likeness (QED) is 0.397. The first kappa shape index (κ1) is 18.9. The van der Waals surface area contributed by atoms with E-state index in [9.17, 15) is 4.79 Å². The maximum Gasteiger partial charge on any atom is 0.255 e. The molecule has 0 aliphatic carbocycles. The second-order valence-corrected chi connectivity index (χ2v) is 7.40. The van der Waals surface area contributed by atoms with Gasteiger partial charge in [-0.3, -0.25) is 4.79 Å². The van der Waals surface area contributed by atoms with E-state index in [1.165, 1.54) is 6.20 Å². The lowest BCUT2D eigenvalue weighted by molar-refractivity contribution is 1.24. The second kappa shape index (κ2) is 7.40. The van der Waals surface area contributed by atoms with Gasteiger partial charge in [0.2, 0.25) is 0 Å². The Morgan fingerprint density at radius 3 is 1.76 bits per heavy atom. The van der Waals surface area contributed by atoms with Gasteiger partial charge in [0.25, 0.3) is 5.56 Å². The lowest BCUT2D eigenvalue weighted by Crippen LogP contribution is -2.08. The number of aromatic nitrogens is 1. The van der Waals surface area contributed by atoms with Crippen LogP contribution in [0.4, 0.5) is 0 Å². The van der Waals surface area contributed by atoms with E-state index in [1.807, 2.05) is 0 Å². The van der Waals surface area contributed by atoms with Crippen molar-refractivity contribution in [1.82, 2.24) is 4.98 Å². The maximum atomic E-state index is 12.3. The van der Waals surface area contributed by atoms with Crippen LogP contribution < -0.4 is 5.56 Å². The number of halogens is 6. The lowest BCUT2D eigenvalue weighted by Gasteiger charge is -2.11. The molecule has 1 heterocycles. The van der Waals surface area contributed by atoms with E-state index in [2.05, 4.69) is 4.98 Å². The van der Waals surface area contributed by atoms with E-state index in [0.717, 1.165) is 0 Å². The molecule has 128 valence electrons. The Kier molecular flexibility index (Phi) is 5.60. The molecule has 2 nitrogen and oxygen atoms in total. The van der Waals surface area contributed by atoms with Gasteiger partial charge in [0.15, 0.2) is 0 Å². The predicted molar refractivity (Wildman–Crippen MR) is 108 cm³/mol. The van der Waals surface area contributed by atoms with Gasteiger partial charge in [-0.1, -0.05) is 81.7 Å². The Morgan fingerprint density at radius 2 is 1.16 bits per heavy atom. The molecule has 0 fully saturated rings. The molecule has 0 spiro atoms. The molecule has 0 radical (unpaired) electrons. The standard InChI is InChI=1S/C17H7Cl6NO/c18-11-3-1-8(13(20)15(11)22)7-5-10(17(25)24-6-7)9-2-4-12(19)16(23)14(9)21/h1-6H,(H,24,25). The highest BCUT2D eigenvalue weighted by Gasteiger charge is 2.16. The number of hydrogen-bond donors (Lipinski definition) is 1. The third-order valence-corrected chi connectivity index (χ3v) is 6.16. The molecule has 0 bridgehead atoms. The second-order valence-electron chi connectivity index (χ2n) is 5.08. The van der Waals surface area contributed by atoms with Gasteiger partial charge in [0.1, 0.15) is 0 Å². The fourth-order valence-corrected chi connectivity index (χ4v) is 3.60. The van der Waals surface area contributed by atoms with E-state index < -0.39 is 0 Å². The van der Waals surface area contributed by atoms with Crippen molar-refractivity contribution < 1.29 is 0 Å². The van der Waals surface area contributed by atoms with Crippen molar-refractivity contribution in [3.63, 3.8) is 0 Å². The van der Waals surface area contributed by atoms with Crippen molar-refractivity contribution >= 4 is 69.6 Å².